The zero-order valence-corrected chi connectivity index (χ0v) is 32.9. The van der Waals surface area contributed by atoms with Gasteiger partial charge in [-0.2, -0.15) is 0 Å². The number of methoxy groups -OCH3 is 1. The van der Waals surface area contributed by atoms with Crippen LogP contribution in [0.2, 0.25) is 0 Å². The lowest BCUT2D eigenvalue weighted by Crippen LogP contribution is -2.53. The first-order chi connectivity index (χ1) is 28.1. The summed E-state index contributed by atoms with van der Waals surface area (Å²) in [4.78, 5) is 57.9. The van der Waals surface area contributed by atoms with E-state index in [0.29, 0.717) is 44.2 Å². The molecule has 302 valence electrons. The molecule has 8 rings (SSSR count). The van der Waals surface area contributed by atoms with Gasteiger partial charge >= 0.3 is 12.2 Å². The monoisotopic (exact) mass is 787 g/mol. The minimum atomic E-state index is -1.05. The number of benzene rings is 3. The van der Waals surface area contributed by atoms with Gasteiger partial charge in [0.05, 0.1) is 62.2 Å². The predicted octanol–water partition coefficient (Wildman–Crippen LogP) is 7.35. The number of ether oxygens (including phenoxy) is 3. The number of H-pyrrole nitrogens is 2. The molecule has 14 nitrogen and oxygen atoms in total. The molecule has 4 N–H and O–H groups in total. The summed E-state index contributed by atoms with van der Waals surface area (Å²) in [6.07, 6.45) is 5.06. The summed E-state index contributed by atoms with van der Waals surface area (Å²) < 4.78 is 17.3. The summed E-state index contributed by atoms with van der Waals surface area (Å²) in [6.45, 7) is 5.40. The van der Waals surface area contributed by atoms with Crippen LogP contribution in [0.15, 0.2) is 91.3 Å². The average Bonchev–Trinajstić information content (AvgIpc) is 4.07. The normalized spacial score (nSPS) is 20.7. The molecule has 14 heteroatoms. The highest BCUT2D eigenvalue weighted by molar-refractivity contribution is 5.86. The molecule has 3 aliphatic heterocycles. The predicted molar refractivity (Wildman–Crippen MR) is 215 cm³/mol. The first-order valence-electron chi connectivity index (χ1n) is 19.9. The Kier molecular flexibility index (Phi) is 11.0. The van der Waals surface area contributed by atoms with Crippen molar-refractivity contribution in [1.29, 1.82) is 0 Å². The van der Waals surface area contributed by atoms with Crippen molar-refractivity contribution in [1.82, 2.24) is 35.1 Å². The summed E-state index contributed by atoms with van der Waals surface area (Å²) in [6, 6.07) is 24.2. The fraction of sp³-hybridized carbons (Fsp3) is 0.386. The molecule has 0 radical (unpaired) electrons. The molecule has 5 heterocycles. The number of imidazole rings is 2. The van der Waals surface area contributed by atoms with Crippen LogP contribution in [0.3, 0.4) is 0 Å². The number of rotatable bonds is 10. The SMILES string of the molecule is COC(=O)N[C@H](C(=O)N1CCC[C@H]1c1ncc(-c2ccc(-c3ccc(-c4cnc([C@@H]5CC6(OCCCO6)C(Cc6ccccc6)N5C(=O)O)[nH]4)cc3)cc2)[nH]1)C(C)C. The highest BCUT2D eigenvalue weighted by Crippen LogP contribution is 2.47. The van der Waals surface area contributed by atoms with Gasteiger partial charge in [0.15, 0.2) is 5.79 Å². The molecular weight excluding hydrogens is 739 g/mol. The Balaban J connectivity index is 0.952. The lowest BCUT2D eigenvalue weighted by molar-refractivity contribution is -0.275. The maximum Gasteiger partial charge on any atom is 0.408 e. The second-order valence-electron chi connectivity index (χ2n) is 15.5. The zero-order chi connectivity index (χ0) is 40.4. The van der Waals surface area contributed by atoms with Crippen LogP contribution in [-0.4, -0.2) is 97.7 Å². The van der Waals surface area contributed by atoms with Gasteiger partial charge in [-0.25, -0.2) is 19.6 Å². The number of nitrogens with zero attached hydrogens (tertiary/aromatic N) is 4. The van der Waals surface area contributed by atoms with Crippen molar-refractivity contribution >= 4 is 18.1 Å². The molecule has 0 saturated carbocycles. The number of carboxylic acid groups (broad SMARTS) is 1. The topological polar surface area (TPSA) is 175 Å². The zero-order valence-electron chi connectivity index (χ0n) is 32.9. The smallest absolute Gasteiger partial charge is 0.408 e. The standard InChI is InChI=1S/C44H49N7O7/c1-27(2)38(49-42(53)56-3)41(52)50-20-7-11-35(50)39-45-25-33(47-39)31-16-12-29(13-17-31)30-14-18-32(19-15-30)34-26-46-40(48-34)36-24-44(57-21-8-22-58-44)37(51(36)43(54)55)23-28-9-5-4-6-10-28/h4-6,9-10,12-19,25-27,35-38H,7-8,11,20-24H2,1-3H3,(H,45,47)(H,46,48)(H,49,53)(H,54,55)/t35-,36-,37?,38-/m0/s1. The van der Waals surface area contributed by atoms with Crippen molar-refractivity contribution in [3.05, 3.63) is 108 Å². The number of likely N-dealkylation sites (tertiary alicyclic amines) is 2. The fourth-order valence-corrected chi connectivity index (χ4v) is 8.60. The van der Waals surface area contributed by atoms with Gasteiger partial charge in [-0.05, 0) is 59.4 Å². The van der Waals surface area contributed by atoms with Gasteiger partial charge < -0.3 is 39.5 Å². The van der Waals surface area contributed by atoms with Crippen molar-refractivity contribution in [3.63, 3.8) is 0 Å². The third-order valence-electron chi connectivity index (χ3n) is 11.6. The van der Waals surface area contributed by atoms with Crippen molar-refractivity contribution in [3.8, 4) is 33.6 Å². The van der Waals surface area contributed by atoms with Gasteiger partial charge in [0.2, 0.25) is 5.91 Å². The largest absolute Gasteiger partial charge is 0.465 e. The highest BCUT2D eigenvalue weighted by atomic mass is 16.7. The van der Waals surface area contributed by atoms with E-state index in [1.165, 1.54) is 12.0 Å². The molecule has 3 aromatic carbocycles. The van der Waals surface area contributed by atoms with E-state index in [-0.39, 0.29) is 17.9 Å². The number of amides is 3. The van der Waals surface area contributed by atoms with E-state index in [9.17, 15) is 19.5 Å². The Labute approximate surface area is 336 Å². The van der Waals surface area contributed by atoms with Gasteiger partial charge in [0.1, 0.15) is 17.7 Å². The Morgan fingerprint density at radius 2 is 1.41 bits per heavy atom. The van der Waals surface area contributed by atoms with Gasteiger partial charge in [-0.1, -0.05) is 92.7 Å². The molecule has 1 spiro atoms. The van der Waals surface area contributed by atoms with E-state index in [4.69, 9.17) is 19.2 Å². The number of alkyl carbamates (subject to hydrolysis) is 1. The second-order valence-corrected chi connectivity index (χ2v) is 15.5. The molecule has 58 heavy (non-hydrogen) atoms. The summed E-state index contributed by atoms with van der Waals surface area (Å²) in [5.41, 5.74) is 6.60. The number of carbonyl (C=O) groups excluding carboxylic acids is 2. The van der Waals surface area contributed by atoms with Crippen LogP contribution < -0.4 is 5.32 Å². The number of nitrogens with one attached hydrogen (secondary N) is 3. The van der Waals surface area contributed by atoms with E-state index in [1.807, 2.05) is 68.4 Å². The van der Waals surface area contributed by atoms with Gasteiger partial charge in [-0.15, -0.1) is 0 Å². The van der Waals surface area contributed by atoms with Crippen molar-refractivity contribution in [2.24, 2.45) is 5.92 Å². The summed E-state index contributed by atoms with van der Waals surface area (Å²) in [7, 11) is 1.29. The molecule has 5 aromatic rings. The molecule has 3 saturated heterocycles. The molecular formula is C44H49N7O7. The number of carbonyl (C=O) groups is 3. The number of aromatic nitrogens is 4. The highest BCUT2D eigenvalue weighted by Gasteiger charge is 2.58. The van der Waals surface area contributed by atoms with E-state index < -0.39 is 36.1 Å². The van der Waals surface area contributed by atoms with Crippen molar-refractivity contribution in [2.75, 3.05) is 26.9 Å². The second kappa shape index (κ2) is 16.5. The molecule has 3 aliphatic rings. The van der Waals surface area contributed by atoms with Crippen molar-refractivity contribution in [2.45, 2.75) is 75.9 Å². The Morgan fingerprint density at radius 3 is 1.97 bits per heavy atom. The number of aromatic amines is 2. The van der Waals surface area contributed by atoms with E-state index in [1.54, 1.807) is 17.3 Å². The molecule has 3 fully saturated rings. The summed E-state index contributed by atoms with van der Waals surface area (Å²) in [5, 5.41) is 13.2. The van der Waals surface area contributed by atoms with Crippen LogP contribution in [0.25, 0.3) is 33.6 Å². The molecule has 3 amide bonds. The first-order valence-corrected chi connectivity index (χ1v) is 19.9. The maximum atomic E-state index is 13.6. The minimum Gasteiger partial charge on any atom is -0.465 e. The molecule has 0 aliphatic carbocycles. The maximum absolute atomic E-state index is 13.6. The van der Waals surface area contributed by atoms with Crippen LogP contribution in [0.1, 0.15) is 68.8 Å². The van der Waals surface area contributed by atoms with Crippen LogP contribution >= 0.6 is 0 Å². The third kappa shape index (κ3) is 7.69. The average molecular weight is 788 g/mol. The number of hydrogen-bond acceptors (Lipinski definition) is 8. The van der Waals surface area contributed by atoms with Crippen LogP contribution in [0.4, 0.5) is 9.59 Å². The molecule has 0 bridgehead atoms. The lowest BCUT2D eigenvalue weighted by Gasteiger charge is -2.39. The lowest BCUT2D eigenvalue weighted by atomic mass is 9.97. The Hall–Kier alpha value is -5.99. The van der Waals surface area contributed by atoms with Gasteiger partial charge in [0, 0.05) is 13.0 Å². The first kappa shape index (κ1) is 38.9. The fourth-order valence-electron chi connectivity index (χ4n) is 8.60. The quantitative estimate of drug-likeness (QED) is 0.113. The van der Waals surface area contributed by atoms with E-state index in [2.05, 4.69) is 44.5 Å². The molecule has 4 atom stereocenters. The van der Waals surface area contributed by atoms with E-state index >= 15 is 0 Å². The Bertz CT molecular complexity index is 2210. The minimum absolute atomic E-state index is 0.110. The summed E-state index contributed by atoms with van der Waals surface area (Å²) in [5.74, 6) is -0.0422. The number of hydrogen-bond donors (Lipinski definition) is 4. The van der Waals surface area contributed by atoms with Crippen LogP contribution in [0, 0.1) is 5.92 Å². The summed E-state index contributed by atoms with van der Waals surface area (Å²) >= 11 is 0. The van der Waals surface area contributed by atoms with Gasteiger partial charge in [0.25, 0.3) is 0 Å². The third-order valence-corrected chi connectivity index (χ3v) is 11.6. The molecule has 2 aromatic heterocycles. The van der Waals surface area contributed by atoms with Gasteiger partial charge in [-0.3, -0.25) is 9.69 Å². The van der Waals surface area contributed by atoms with Crippen molar-refractivity contribution < 1.29 is 33.7 Å². The van der Waals surface area contributed by atoms with Crippen LogP contribution in [-0.2, 0) is 25.4 Å². The molecule has 1 unspecified atom stereocenters. The van der Waals surface area contributed by atoms with Crippen LogP contribution in [0.5, 0.6) is 0 Å². The van der Waals surface area contributed by atoms with E-state index in [0.717, 1.165) is 58.5 Å². The Morgan fingerprint density at radius 1 is 0.845 bits per heavy atom.